The number of hydrogen-bond acceptors (Lipinski definition) is 2. The van der Waals surface area contributed by atoms with Crippen molar-refractivity contribution < 1.29 is 9.18 Å². The number of benzene rings is 1. The minimum atomic E-state index is -0.414. The van der Waals surface area contributed by atoms with Crippen molar-refractivity contribution in [2.45, 2.75) is 0 Å². The summed E-state index contributed by atoms with van der Waals surface area (Å²) in [6.45, 7) is 8.45. The van der Waals surface area contributed by atoms with Crippen LogP contribution in [0.3, 0.4) is 0 Å². The Balaban J connectivity index is 3.11. The summed E-state index contributed by atoms with van der Waals surface area (Å²) in [5.74, 6) is -0.414. The molecule has 2 nitrogen and oxygen atoms in total. The second-order valence-corrected chi connectivity index (χ2v) is 3.30. The van der Waals surface area contributed by atoms with E-state index in [1.165, 1.54) is 12.1 Å². The fourth-order valence-corrected chi connectivity index (χ4v) is 1.49. The van der Waals surface area contributed by atoms with Crippen LogP contribution in [0, 0.1) is 5.82 Å². The van der Waals surface area contributed by atoms with Crippen LogP contribution in [0.25, 0.3) is 0 Å². The van der Waals surface area contributed by atoms with E-state index in [9.17, 15) is 9.18 Å². The van der Waals surface area contributed by atoms with E-state index in [4.69, 9.17) is 0 Å². The Morgan fingerprint density at radius 3 is 2.38 bits per heavy atom. The predicted molar refractivity (Wildman–Crippen MR) is 64.4 cm³/mol. The quantitative estimate of drug-likeness (QED) is 0.541. The molecule has 0 N–H and O–H groups in total. The first-order valence-corrected chi connectivity index (χ1v) is 4.94. The van der Waals surface area contributed by atoms with Gasteiger partial charge < -0.3 is 4.90 Å². The molecule has 0 saturated carbocycles. The van der Waals surface area contributed by atoms with E-state index in [0.717, 1.165) is 0 Å². The van der Waals surface area contributed by atoms with Gasteiger partial charge in [-0.2, -0.15) is 0 Å². The zero-order chi connectivity index (χ0) is 12.0. The van der Waals surface area contributed by atoms with Crippen LogP contribution < -0.4 is 4.90 Å². The van der Waals surface area contributed by atoms with Crippen LogP contribution in [0.1, 0.15) is 10.4 Å². The molecule has 1 rings (SSSR count). The molecule has 16 heavy (non-hydrogen) atoms. The molecule has 1 aromatic rings. The maximum absolute atomic E-state index is 13.0. The molecular weight excluding hydrogens is 205 g/mol. The highest BCUT2D eigenvalue weighted by atomic mass is 19.1. The fourth-order valence-electron chi connectivity index (χ4n) is 1.49. The lowest BCUT2D eigenvalue weighted by Crippen LogP contribution is -2.24. The highest BCUT2D eigenvalue weighted by molar-refractivity contribution is 5.84. The summed E-state index contributed by atoms with van der Waals surface area (Å²) in [5, 5.41) is 0. The van der Waals surface area contributed by atoms with Crippen molar-refractivity contribution in [1.29, 1.82) is 0 Å². The zero-order valence-corrected chi connectivity index (χ0v) is 9.03. The number of nitrogens with zero attached hydrogens (tertiary/aromatic N) is 1. The van der Waals surface area contributed by atoms with Crippen molar-refractivity contribution in [1.82, 2.24) is 0 Å². The van der Waals surface area contributed by atoms with Gasteiger partial charge in [0, 0.05) is 24.3 Å². The van der Waals surface area contributed by atoms with Crippen LogP contribution >= 0.6 is 0 Å². The SMILES string of the molecule is C=CCN(CC=C)c1ccc(F)cc1C=O. The molecule has 0 aromatic heterocycles. The van der Waals surface area contributed by atoms with Crippen LogP contribution in [-0.2, 0) is 0 Å². The van der Waals surface area contributed by atoms with Gasteiger partial charge in [-0.1, -0.05) is 12.2 Å². The molecule has 0 radical (unpaired) electrons. The number of hydrogen-bond donors (Lipinski definition) is 0. The molecule has 0 aliphatic carbocycles. The summed E-state index contributed by atoms with van der Waals surface area (Å²) in [5.41, 5.74) is 1.03. The van der Waals surface area contributed by atoms with Crippen molar-refractivity contribution in [3.05, 3.63) is 54.9 Å². The van der Waals surface area contributed by atoms with E-state index < -0.39 is 5.82 Å². The van der Waals surface area contributed by atoms with Crippen molar-refractivity contribution in [2.75, 3.05) is 18.0 Å². The summed E-state index contributed by atoms with van der Waals surface area (Å²) in [7, 11) is 0. The number of carbonyl (C=O) groups excluding carboxylic acids is 1. The second kappa shape index (κ2) is 5.85. The molecule has 0 heterocycles. The molecule has 1 aromatic carbocycles. The third-order valence-electron chi connectivity index (χ3n) is 2.16. The maximum Gasteiger partial charge on any atom is 0.152 e. The Kier molecular flexibility index (Phi) is 4.45. The smallest absolute Gasteiger partial charge is 0.152 e. The lowest BCUT2D eigenvalue weighted by atomic mass is 10.1. The topological polar surface area (TPSA) is 20.3 Å². The molecule has 0 amide bonds. The lowest BCUT2D eigenvalue weighted by molar-refractivity contribution is 0.112. The lowest BCUT2D eigenvalue weighted by Gasteiger charge is -2.23. The number of anilines is 1. The Hall–Kier alpha value is -1.90. The van der Waals surface area contributed by atoms with Crippen molar-refractivity contribution >= 4 is 12.0 Å². The Morgan fingerprint density at radius 1 is 1.25 bits per heavy atom. The van der Waals surface area contributed by atoms with E-state index in [-0.39, 0.29) is 0 Å². The van der Waals surface area contributed by atoms with Gasteiger partial charge in [0.25, 0.3) is 0 Å². The van der Waals surface area contributed by atoms with Gasteiger partial charge in [0.15, 0.2) is 6.29 Å². The van der Waals surface area contributed by atoms with Gasteiger partial charge in [0.05, 0.1) is 0 Å². The molecule has 0 fully saturated rings. The maximum atomic E-state index is 13.0. The van der Waals surface area contributed by atoms with Gasteiger partial charge >= 0.3 is 0 Å². The first kappa shape index (κ1) is 12.2. The number of halogens is 1. The van der Waals surface area contributed by atoms with Crippen LogP contribution in [-0.4, -0.2) is 19.4 Å². The predicted octanol–water partition coefficient (Wildman–Crippen LogP) is 2.82. The van der Waals surface area contributed by atoms with Gasteiger partial charge in [-0.3, -0.25) is 4.79 Å². The largest absolute Gasteiger partial charge is 0.364 e. The third-order valence-corrected chi connectivity index (χ3v) is 2.16. The Labute approximate surface area is 94.7 Å². The molecule has 3 heteroatoms. The Morgan fingerprint density at radius 2 is 1.88 bits per heavy atom. The minimum absolute atomic E-state index is 0.337. The van der Waals surface area contributed by atoms with Crippen LogP contribution in [0.2, 0.25) is 0 Å². The monoisotopic (exact) mass is 219 g/mol. The summed E-state index contributed by atoms with van der Waals surface area (Å²) >= 11 is 0. The summed E-state index contributed by atoms with van der Waals surface area (Å²) in [6, 6.07) is 4.15. The van der Waals surface area contributed by atoms with Crippen molar-refractivity contribution in [2.24, 2.45) is 0 Å². The summed E-state index contributed by atoms with van der Waals surface area (Å²) < 4.78 is 13.0. The third kappa shape index (κ3) is 2.79. The van der Waals surface area contributed by atoms with E-state index in [1.807, 2.05) is 4.90 Å². The van der Waals surface area contributed by atoms with Crippen molar-refractivity contribution in [3.63, 3.8) is 0 Å². The normalized spacial score (nSPS) is 9.56. The molecule has 0 saturated heterocycles. The molecule has 0 aliphatic rings. The van der Waals surface area contributed by atoms with Crippen LogP contribution in [0.4, 0.5) is 10.1 Å². The van der Waals surface area contributed by atoms with Gasteiger partial charge in [0.1, 0.15) is 5.82 Å². The average molecular weight is 219 g/mol. The zero-order valence-electron chi connectivity index (χ0n) is 9.03. The highest BCUT2D eigenvalue weighted by Gasteiger charge is 2.09. The van der Waals surface area contributed by atoms with Gasteiger partial charge in [0.2, 0.25) is 0 Å². The summed E-state index contributed by atoms with van der Waals surface area (Å²) in [4.78, 5) is 12.7. The molecule has 84 valence electrons. The first-order valence-electron chi connectivity index (χ1n) is 4.94. The molecule has 0 atom stereocenters. The number of aldehydes is 1. The van der Waals surface area contributed by atoms with E-state index in [0.29, 0.717) is 30.6 Å². The van der Waals surface area contributed by atoms with Crippen LogP contribution in [0.5, 0.6) is 0 Å². The minimum Gasteiger partial charge on any atom is -0.364 e. The molecule has 0 spiro atoms. The molecule has 0 unspecified atom stereocenters. The molecule has 0 aliphatic heterocycles. The first-order chi connectivity index (χ1) is 7.72. The van der Waals surface area contributed by atoms with E-state index in [2.05, 4.69) is 13.2 Å². The van der Waals surface area contributed by atoms with Gasteiger partial charge in [-0.15, -0.1) is 13.2 Å². The number of rotatable bonds is 6. The Bertz CT molecular complexity index is 391. The second-order valence-electron chi connectivity index (χ2n) is 3.30. The van der Waals surface area contributed by atoms with Gasteiger partial charge in [-0.05, 0) is 18.2 Å². The summed E-state index contributed by atoms with van der Waals surface area (Å²) in [6.07, 6.45) is 4.10. The van der Waals surface area contributed by atoms with E-state index in [1.54, 1.807) is 18.2 Å². The molecule has 0 bridgehead atoms. The number of carbonyl (C=O) groups is 1. The average Bonchev–Trinajstić information content (AvgIpc) is 2.28. The van der Waals surface area contributed by atoms with Gasteiger partial charge in [-0.25, -0.2) is 4.39 Å². The van der Waals surface area contributed by atoms with E-state index >= 15 is 0 Å². The molecular formula is C13H14FNO. The highest BCUT2D eigenvalue weighted by Crippen LogP contribution is 2.20. The fraction of sp³-hybridized carbons (Fsp3) is 0.154. The van der Waals surface area contributed by atoms with Crippen LogP contribution in [0.15, 0.2) is 43.5 Å². The standard InChI is InChI=1S/C13H14FNO/c1-3-7-15(8-4-2)13-6-5-12(14)9-11(13)10-16/h3-6,9-10H,1-2,7-8H2. The van der Waals surface area contributed by atoms with Crippen molar-refractivity contribution in [3.8, 4) is 0 Å².